The quantitative estimate of drug-likeness (QED) is 0.874. The average Bonchev–Trinajstić information content (AvgIpc) is 2.86. The molecule has 0 radical (unpaired) electrons. The Labute approximate surface area is 136 Å². The molecular weight excluding hydrogens is 323 g/mol. The maximum atomic E-state index is 12.8. The second-order valence-corrected chi connectivity index (χ2v) is 5.90. The zero-order valence-corrected chi connectivity index (χ0v) is 13.4. The number of aryl methyl sites for hydroxylation is 1. The summed E-state index contributed by atoms with van der Waals surface area (Å²) >= 11 is 1.15. The Hall–Kier alpha value is -2.48. The molecule has 0 aliphatic carbocycles. The second kappa shape index (κ2) is 7.19. The lowest BCUT2D eigenvalue weighted by atomic mass is 10.3. The predicted octanol–water partition coefficient (Wildman–Crippen LogP) is 2.33. The molecular formula is C15H15FN2O4S. The van der Waals surface area contributed by atoms with Crippen LogP contribution in [0.1, 0.15) is 20.4 Å². The first-order valence-electron chi connectivity index (χ1n) is 6.68. The molecule has 1 aromatic heterocycles. The van der Waals surface area contributed by atoms with Gasteiger partial charge in [0.15, 0.2) is 0 Å². The van der Waals surface area contributed by atoms with E-state index in [1.165, 1.54) is 31.3 Å². The molecule has 2 aromatic rings. The molecule has 0 aliphatic rings. The molecule has 1 N–H and O–H groups in total. The van der Waals surface area contributed by atoms with Crippen LogP contribution in [0.3, 0.4) is 0 Å². The van der Waals surface area contributed by atoms with Crippen molar-refractivity contribution in [2.45, 2.75) is 13.5 Å². The Morgan fingerprint density at radius 1 is 1.35 bits per heavy atom. The van der Waals surface area contributed by atoms with E-state index in [1.807, 2.05) is 0 Å². The van der Waals surface area contributed by atoms with Crippen LogP contribution in [0.4, 0.5) is 4.39 Å². The highest BCUT2D eigenvalue weighted by atomic mass is 32.1. The number of carboxylic acids is 1. The van der Waals surface area contributed by atoms with E-state index in [9.17, 15) is 14.0 Å². The van der Waals surface area contributed by atoms with Gasteiger partial charge in [-0.15, -0.1) is 11.3 Å². The second-order valence-electron chi connectivity index (χ2n) is 4.82. The van der Waals surface area contributed by atoms with Gasteiger partial charge in [0, 0.05) is 7.05 Å². The summed E-state index contributed by atoms with van der Waals surface area (Å²) in [5, 5.41) is 9.31. The number of rotatable bonds is 6. The lowest BCUT2D eigenvalue weighted by molar-refractivity contribution is -0.137. The van der Waals surface area contributed by atoms with Gasteiger partial charge in [0.2, 0.25) is 0 Å². The third kappa shape index (κ3) is 4.49. The molecule has 8 heteroatoms. The summed E-state index contributed by atoms with van der Waals surface area (Å²) in [6.07, 6.45) is 0. The van der Waals surface area contributed by atoms with Crippen molar-refractivity contribution in [1.82, 2.24) is 9.88 Å². The van der Waals surface area contributed by atoms with Gasteiger partial charge in [-0.1, -0.05) is 0 Å². The van der Waals surface area contributed by atoms with Gasteiger partial charge in [0.25, 0.3) is 5.91 Å². The van der Waals surface area contributed by atoms with Gasteiger partial charge in [-0.05, 0) is 31.2 Å². The van der Waals surface area contributed by atoms with Gasteiger partial charge in [0.05, 0.1) is 5.69 Å². The van der Waals surface area contributed by atoms with Crippen LogP contribution in [0.5, 0.6) is 5.75 Å². The predicted molar refractivity (Wildman–Crippen MR) is 82.2 cm³/mol. The number of amides is 1. The topological polar surface area (TPSA) is 79.7 Å². The van der Waals surface area contributed by atoms with Gasteiger partial charge in [0.1, 0.15) is 34.6 Å². The zero-order valence-electron chi connectivity index (χ0n) is 12.6. The fourth-order valence-electron chi connectivity index (χ4n) is 1.84. The molecule has 0 fully saturated rings. The molecule has 6 nitrogen and oxygen atoms in total. The van der Waals surface area contributed by atoms with E-state index < -0.39 is 11.9 Å². The van der Waals surface area contributed by atoms with Crippen molar-refractivity contribution in [3.63, 3.8) is 0 Å². The molecule has 0 bridgehead atoms. The van der Waals surface area contributed by atoms with Crippen LogP contribution in [-0.4, -0.2) is 40.5 Å². The highest BCUT2D eigenvalue weighted by molar-refractivity contribution is 7.13. The number of thiazole rings is 1. The lowest BCUT2D eigenvalue weighted by Crippen LogP contribution is -2.31. The van der Waals surface area contributed by atoms with E-state index >= 15 is 0 Å². The molecule has 0 spiro atoms. The van der Waals surface area contributed by atoms with Crippen molar-refractivity contribution in [2.24, 2.45) is 0 Å². The standard InChI is InChI=1S/C15H15FN2O4S/c1-9-14(15(21)18(2)7-13(19)20)23-12(17-9)8-22-11-5-3-10(16)4-6-11/h3-6H,7-8H2,1-2H3,(H,19,20). The van der Waals surface area contributed by atoms with Crippen LogP contribution in [0.2, 0.25) is 0 Å². The summed E-state index contributed by atoms with van der Waals surface area (Å²) in [7, 11) is 1.42. The molecule has 1 aromatic carbocycles. The Bertz CT molecular complexity index is 715. The van der Waals surface area contributed by atoms with E-state index in [-0.39, 0.29) is 19.0 Å². The van der Waals surface area contributed by atoms with Crippen molar-refractivity contribution in [2.75, 3.05) is 13.6 Å². The van der Waals surface area contributed by atoms with Crippen molar-refractivity contribution >= 4 is 23.2 Å². The third-order valence-corrected chi connectivity index (χ3v) is 4.05. The van der Waals surface area contributed by atoms with Crippen LogP contribution >= 0.6 is 11.3 Å². The van der Waals surface area contributed by atoms with Gasteiger partial charge < -0.3 is 14.7 Å². The number of aromatic nitrogens is 1. The molecule has 0 saturated carbocycles. The SMILES string of the molecule is Cc1nc(COc2ccc(F)cc2)sc1C(=O)N(C)CC(=O)O. The minimum Gasteiger partial charge on any atom is -0.486 e. The summed E-state index contributed by atoms with van der Waals surface area (Å²) in [6.45, 7) is 1.45. The molecule has 0 saturated heterocycles. The Balaban J connectivity index is 2.04. The van der Waals surface area contributed by atoms with Crippen molar-refractivity contribution in [1.29, 1.82) is 0 Å². The van der Waals surface area contributed by atoms with E-state index in [0.29, 0.717) is 21.3 Å². The first-order chi connectivity index (χ1) is 10.9. The van der Waals surface area contributed by atoms with Crippen molar-refractivity contribution in [3.05, 3.63) is 45.7 Å². The first-order valence-corrected chi connectivity index (χ1v) is 7.50. The molecule has 23 heavy (non-hydrogen) atoms. The zero-order chi connectivity index (χ0) is 17.0. The third-order valence-electron chi connectivity index (χ3n) is 2.93. The molecule has 122 valence electrons. The van der Waals surface area contributed by atoms with Crippen molar-refractivity contribution < 1.29 is 23.8 Å². The number of halogens is 1. The van der Waals surface area contributed by atoms with Gasteiger partial charge in [-0.25, -0.2) is 9.37 Å². The van der Waals surface area contributed by atoms with Gasteiger partial charge >= 0.3 is 5.97 Å². The molecule has 1 amide bonds. The van der Waals surface area contributed by atoms with E-state index in [1.54, 1.807) is 6.92 Å². The number of likely N-dealkylation sites (N-methyl/N-ethyl adjacent to an activating group) is 1. The van der Waals surface area contributed by atoms with Crippen LogP contribution in [-0.2, 0) is 11.4 Å². The largest absolute Gasteiger partial charge is 0.486 e. The van der Waals surface area contributed by atoms with Crippen LogP contribution in [0.15, 0.2) is 24.3 Å². The number of aliphatic carboxylic acids is 1. The molecule has 0 atom stereocenters. The van der Waals surface area contributed by atoms with Crippen molar-refractivity contribution in [3.8, 4) is 5.75 Å². The minimum absolute atomic E-state index is 0.146. The van der Waals surface area contributed by atoms with E-state index in [4.69, 9.17) is 9.84 Å². The maximum Gasteiger partial charge on any atom is 0.323 e. The number of hydrogen-bond acceptors (Lipinski definition) is 5. The normalized spacial score (nSPS) is 10.4. The molecule has 1 heterocycles. The number of carboxylic acid groups (broad SMARTS) is 1. The summed E-state index contributed by atoms with van der Waals surface area (Å²) in [5.74, 6) is -1.33. The number of benzene rings is 1. The summed E-state index contributed by atoms with van der Waals surface area (Å²) in [5.41, 5.74) is 0.523. The van der Waals surface area contributed by atoms with Gasteiger partial charge in [-0.3, -0.25) is 9.59 Å². The van der Waals surface area contributed by atoms with Gasteiger partial charge in [-0.2, -0.15) is 0 Å². The molecule has 0 aliphatic heterocycles. The minimum atomic E-state index is -1.08. The van der Waals surface area contributed by atoms with E-state index in [2.05, 4.69) is 4.98 Å². The Morgan fingerprint density at radius 3 is 2.61 bits per heavy atom. The molecule has 2 rings (SSSR count). The summed E-state index contributed by atoms with van der Waals surface area (Å²) < 4.78 is 18.3. The first kappa shape index (κ1) is 16.9. The molecule has 0 unspecified atom stereocenters. The Kier molecular flexibility index (Phi) is 5.28. The maximum absolute atomic E-state index is 12.8. The van der Waals surface area contributed by atoms with Crippen LogP contribution in [0.25, 0.3) is 0 Å². The number of carbonyl (C=O) groups is 2. The number of ether oxygens (including phenoxy) is 1. The van der Waals surface area contributed by atoms with Crippen LogP contribution in [0, 0.1) is 12.7 Å². The number of hydrogen-bond donors (Lipinski definition) is 1. The smallest absolute Gasteiger partial charge is 0.323 e. The lowest BCUT2D eigenvalue weighted by Gasteiger charge is -2.13. The fourth-order valence-corrected chi connectivity index (χ4v) is 2.81. The highest BCUT2D eigenvalue weighted by Crippen LogP contribution is 2.21. The highest BCUT2D eigenvalue weighted by Gasteiger charge is 2.20. The van der Waals surface area contributed by atoms with E-state index in [0.717, 1.165) is 16.2 Å². The number of carbonyl (C=O) groups excluding carboxylic acids is 1. The fraction of sp³-hybridized carbons (Fsp3) is 0.267. The monoisotopic (exact) mass is 338 g/mol. The summed E-state index contributed by atoms with van der Waals surface area (Å²) in [6, 6.07) is 5.58. The summed E-state index contributed by atoms with van der Waals surface area (Å²) in [4.78, 5) is 28.6. The number of nitrogens with zero attached hydrogens (tertiary/aromatic N) is 2. The van der Waals surface area contributed by atoms with Crippen LogP contribution < -0.4 is 4.74 Å². The average molecular weight is 338 g/mol. The Morgan fingerprint density at radius 2 is 2.00 bits per heavy atom.